The van der Waals surface area contributed by atoms with Crippen molar-refractivity contribution in [2.24, 2.45) is 0 Å². The van der Waals surface area contributed by atoms with Crippen molar-refractivity contribution in [1.82, 2.24) is 14.9 Å². The molecule has 1 aromatic heterocycles. The molecule has 11 nitrogen and oxygen atoms in total. The second-order valence-electron chi connectivity index (χ2n) is 11.4. The van der Waals surface area contributed by atoms with E-state index in [9.17, 15) is 23.1 Å². The molecule has 1 heterocycles. The van der Waals surface area contributed by atoms with Crippen molar-refractivity contribution >= 4 is 27.8 Å². The number of aryl methyl sites for hydroxylation is 3. The first-order chi connectivity index (χ1) is 20.5. The van der Waals surface area contributed by atoms with E-state index < -0.39 is 39.5 Å². The highest BCUT2D eigenvalue weighted by Gasteiger charge is 2.28. The van der Waals surface area contributed by atoms with Gasteiger partial charge in [-0.3, -0.25) is 10.1 Å². The van der Waals surface area contributed by atoms with Crippen molar-refractivity contribution in [3.05, 3.63) is 82.7 Å². The van der Waals surface area contributed by atoms with Gasteiger partial charge in [0.25, 0.3) is 5.89 Å². The topological polar surface area (TPSA) is 161 Å². The minimum Gasteiger partial charge on any atom is -0.480 e. The first kappa shape index (κ1) is 32.3. The lowest BCUT2D eigenvalue weighted by Gasteiger charge is -2.19. The number of anilines is 1. The van der Waals surface area contributed by atoms with Crippen molar-refractivity contribution in [3.63, 3.8) is 0 Å². The number of benzene rings is 3. The zero-order valence-corrected chi connectivity index (χ0v) is 25.9. The average molecular weight is 625 g/mol. The molecule has 3 N–H and O–H groups in total. The molecule has 0 spiro atoms. The molecule has 4 rings (SSSR count). The number of hydrogen-bond acceptors (Lipinski definition) is 8. The van der Waals surface area contributed by atoms with Gasteiger partial charge in [0.2, 0.25) is 15.8 Å². The van der Waals surface area contributed by atoms with Crippen molar-refractivity contribution < 1.29 is 36.8 Å². The Labute approximate surface area is 254 Å². The number of carbonyl (C=O) groups is 2. The lowest BCUT2D eigenvalue weighted by molar-refractivity contribution is -0.138. The first-order valence-corrected chi connectivity index (χ1v) is 15.1. The second-order valence-corrected chi connectivity index (χ2v) is 13.0. The molecule has 0 saturated carbocycles. The third-order valence-electron chi connectivity index (χ3n) is 6.39. The average Bonchev–Trinajstić information content (AvgIpc) is 3.36. The number of ether oxygens (including phenoxy) is 1. The smallest absolute Gasteiger partial charge is 0.412 e. The minimum atomic E-state index is -4.19. The van der Waals surface area contributed by atoms with Gasteiger partial charge < -0.3 is 14.4 Å². The van der Waals surface area contributed by atoms with Crippen LogP contribution in [0.2, 0.25) is 0 Å². The van der Waals surface area contributed by atoms with Crippen molar-refractivity contribution in [2.75, 3.05) is 5.32 Å². The van der Waals surface area contributed by atoms with Gasteiger partial charge in [-0.05, 0) is 101 Å². The highest BCUT2D eigenvalue weighted by molar-refractivity contribution is 7.89. The number of halogens is 1. The summed E-state index contributed by atoms with van der Waals surface area (Å²) in [5, 5.41) is 16.2. The van der Waals surface area contributed by atoms with E-state index in [0.717, 1.165) is 11.6 Å². The summed E-state index contributed by atoms with van der Waals surface area (Å²) >= 11 is 0. The number of amides is 1. The summed E-state index contributed by atoms with van der Waals surface area (Å²) in [6, 6.07) is 12.3. The lowest BCUT2D eigenvalue weighted by atomic mass is 10.0. The van der Waals surface area contributed by atoms with Gasteiger partial charge in [0.1, 0.15) is 17.5 Å². The molecule has 0 fully saturated rings. The molecule has 13 heteroatoms. The summed E-state index contributed by atoms with van der Waals surface area (Å²) in [4.78, 5) is 28.2. The maximum Gasteiger partial charge on any atom is 0.412 e. The zero-order valence-electron chi connectivity index (χ0n) is 25.1. The van der Waals surface area contributed by atoms with Gasteiger partial charge in [-0.25, -0.2) is 17.6 Å². The Kier molecular flexibility index (Phi) is 9.21. The highest BCUT2D eigenvalue weighted by atomic mass is 32.2. The molecule has 0 aliphatic carbocycles. The van der Waals surface area contributed by atoms with Gasteiger partial charge in [-0.1, -0.05) is 28.9 Å². The molecular weight excluding hydrogens is 591 g/mol. The summed E-state index contributed by atoms with van der Waals surface area (Å²) < 4.78 is 54.2. The Morgan fingerprint density at radius 1 is 1.02 bits per heavy atom. The predicted octanol–water partition coefficient (Wildman–Crippen LogP) is 5.79. The standard InChI is InChI=1S/C31H33FN4O7S/c1-17-13-18(2)26(19(3)14-17)44(40,41)36-25(29(37)38)16-20-7-12-23(24(32)15-20)27-34-28(43-35-27)21-8-10-22(11-9-21)33-30(39)42-31(4,5)6/h7-15,25,36H,16H2,1-6H3,(H,33,39)(H,37,38). The molecule has 4 aromatic rings. The minimum absolute atomic E-state index is 0.00493. The number of rotatable bonds is 9. The number of sulfonamides is 1. The monoisotopic (exact) mass is 624 g/mol. The maximum absolute atomic E-state index is 15.2. The fraction of sp³-hybridized carbons (Fsp3) is 0.290. The van der Waals surface area contributed by atoms with Crippen LogP contribution in [-0.4, -0.2) is 47.4 Å². The van der Waals surface area contributed by atoms with E-state index in [1.165, 1.54) is 12.1 Å². The van der Waals surface area contributed by atoms with E-state index in [-0.39, 0.29) is 34.2 Å². The van der Waals surface area contributed by atoms with E-state index in [4.69, 9.17) is 9.26 Å². The Bertz CT molecular complexity index is 1790. The molecule has 0 bridgehead atoms. The first-order valence-electron chi connectivity index (χ1n) is 13.6. The van der Waals surface area contributed by atoms with Gasteiger partial charge in [0.05, 0.1) is 10.5 Å². The number of nitrogens with zero attached hydrogens (tertiary/aromatic N) is 2. The Balaban J connectivity index is 1.48. The fourth-order valence-electron chi connectivity index (χ4n) is 4.69. The number of nitrogens with one attached hydrogen (secondary N) is 2. The van der Waals surface area contributed by atoms with Crippen LogP contribution in [-0.2, 0) is 26.0 Å². The van der Waals surface area contributed by atoms with Gasteiger partial charge in [0.15, 0.2) is 0 Å². The lowest BCUT2D eigenvalue weighted by Crippen LogP contribution is -2.42. The van der Waals surface area contributed by atoms with Crippen molar-refractivity contribution in [1.29, 1.82) is 0 Å². The second kappa shape index (κ2) is 12.5. The van der Waals surface area contributed by atoms with Crippen molar-refractivity contribution in [3.8, 4) is 22.8 Å². The Morgan fingerprint density at radius 2 is 1.66 bits per heavy atom. The normalized spacial score (nSPS) is 12.5. The number of aliphatic carboxylic acids is 1. The van der Waals surface area contributed by atoms with E-state index in [2.05, 4.69) is 20.2 Å². The number of carbonyl (C=O) groups excluding carboxylic acids is 1. The molecule has 0 saturated heterocycles. The van der Waals surface area contributed by atoms with Crippen LogP contribution in [0.25, 0.3) is 22.8 Å². The molecule has 1 unspecified atom stereocenters. The van der Waals surface area contributed by atoms with E-state index in [0.29, 0.717) is 22.4 Å². The van der Waals surface area contributed by atoms with Crippen LogP contribution < -0.4 is 10.0 Å². The summed E-state index contributed by atoms with van der Waals surface area (Å²) in [6.07, 6.45) is -0.913. The molecule has 1 atom stereocenters. The largest absolute Gasteiger partial charge is 0.480 e. The van der Waals surface area contributed by atoms with Crippen LogP contribution in [0, 0.1) is 26.6 Å². The summed E-state index contributed by atoms with van der Waals surface area (Å²) in [7, 11) is -4.19. The number of aromatic nitrogens is 2. The van der Waals surface area contributed by atoms with Crippen molar-refractivity contribution in [2.45, 2.75) is 64.5 Å². The summed E-state index contributed by atoms with van der Waals surface area (Å²) in [5.41, 5.74) is 2.46. The van der Waals surface area contributed by atoms with Crippen LogP contribution in [0.3, 0.4) is 0 Å². The van der Waals surface area contributed by atoms with E-state index in [1.54, 1.807) is 71.0 Å². The number of carboxylic acids is 1. The van der Waals surface area contributed by atoms with Crippen LogP contribution in [0.15, 0.2) is 64.0 Å². The van der Waals surface area contributed by atoms with Crippen LogP contribution in [0.4, 0.5) is 14.9 Å². The van der Waals surface area contributed by atoms with Crippen LogP contribution in [0.1, 0.15) is 43.0 Å². The Hall–Kier alpha value is -4.62. The van der Waals surface area contributed by atoms with E-state index in [1.807, 2.05) is 6.92 Å². The number of carboxylic acid groups (broad SMARTS) is 1. The molecule has 0 aliphatic heterocycles. The fourth-order valence-corrected chi connectivity index (χ4v) is 6.33. The van der Waals surface area contributed by atoms with E-state index >= 15 is 4.39 Å². The molecule has 0 radical (unpaired) electrons. The van der Waals surface area contributed by atoms with Crippen LogP contribution >= 0.6 is 0 Å². The van der Waals surface area contributed by atoms with Gasteiger partial charge in [-0.15, -0.1) is 0 Å². The number of hydrogen-bond donors (Lipinski definition) is 3. The zero-order chi connectivity index (χ0) is 32.4. The van der Waals surface area contributed by atoms with Gasteiger partial charge in [-0.2, -0.15) is 9.71 Å². The predicted molar refractivity (Wildman–Crippen MR) is 161 cm³/mol. The molecule has 44 heavy (non-hydrogen) atoms. The molecule has 3 aromatic carbocycles. The third kappa shape index (κ3) is 7.85. The van der Waals surface area contributed by atoms with Gasteiger partial charge in [0, 0.05) is 11.3 Å². The highest BCUT2D eigenvalue weighted by Crippen LogP contribution is 2.27. The van der Waals surface area contributed by atoms with Gasteiger partial charge >= 0.3 is 12.1 Å². The third-order valence-corrected chi connectivity index (χ3v) is 8.16. The van der Waals surface area contributed by atoms with Crippen LogP contribution in [0.5, 0.6) is 0 Å². The molecular formula is C31H33FN4O7S. The quantitative estimate of drug-likeness (QED) is 0.209. The Morgan fingerprint density at radius 3 is 2.23 bits per heavy atom. The molecule has 1 amide bonds. The summed E-state index contributed by atoms with van der Waals surface area (Å²) in [5.74, 6) is -2.09. The summed E-state index contributed by atoms with van der Waals surface area (Å²) in [6.45, 7) is 10.4. The molecule has 0 aliphatic rings. The maximum atomic E-state index is 15.2. The SMILES string of the molecule is Cc1cc(C)c(S(=O)(=O)NC(Cc2ccc(-c3noc(-c4ccc(NC(=O)OC(C)(C)C)cc4)n3)c(F)c2)C(=O)O)c(C)c1. The molecule has 232 valence electrons.